The molecular formula is C20H27ClN4O3. The van der Waals surface area contributed by atoms with Crippen molar-refractivity contribution in [3.8, 4) is 5.88 Å². The Morgan fingerprint density at radius 2 is 2.07 bits per heavy atom. The summed E-state index contributed by atoms with van der Waals surface area (Å²) in [6, 6.07) is 1.70. The van der Waals surface area contributed by atoms with E-state index in [-0.39, 0.29) is 17.9 Å². The summed E-state index contributed by atoms with van der Waals surface area (Å²) in [4.78, 5) is 27.3. The predicted molar refractivity (Wildman–Crippen MR) is 114 cm³/mol. The summed E-state index contributed by atoms with van der Waals surface area (Å²) in [6.45, 7) is 15.6. The van der Waals surface area contributed by atoms with Gasteiger partial charge in [0.2, 0.25) is 12.3 Å². The average molecular weight is 407 g/mol. The molecule has 1 aliphatic heterocycles. The summed E-state index contributed by atoms with van der Waals surface area (Å²) in [7, 11) is 0. The van der Waals surface area contributed by atoms with Crippen LogP contribution in [0.25, 0.3) is 0 Å². The van der Waals surface area contributed by atoms with E-state index in [0.717, 1.165) is 5.57 Å². The molecule has 0 radical (unpaired) electrons. The lowest BCUT2D eigenvalue weighted by Gasteiger charge is -2.33. The van der Waals surface area contributed by atoms with E-state index in [9.17, 15) is 4.79 Å². The SMILES string of the molecule is C=C/C=C(\C=C)CN1C(=O)C(C)Oc2nc(NC(C)(C)C)c(Cl)cc21.NC=O. The van der Waals surface area contributed by atoms with Gasteiger partial charge in [-0.05, 0) is 39.3 Å². The van der Waals surface area contributed by atoms with Crippen LogP contribution in [0.4, 0.5) is 11.5 Å². The number of allylic oxidation sites excluding steroid dienone is 2. The van der Waals surface area contributed by atoms with Gasteiger partial charge in [0.1, 0.15) is 11.5 Å². The minimum absolute atomic E-state index is 0.154. The highest BCUT2D eigenvalue weighted by Gasteiger charge is 2.34. The van der Waals surface area contributed by atoms with Crippen molar-refractivity contribution in [2.45, 2.75) is 39.3 Å². The molecule has 0 bridgehead atoms. The van der Waals surface area contributed by atoms with Crippen molar-refractivity contribution < 1.29 is 14.3 Å². The summed E-state index contributed by atoms with van der Waals surface area (Å²) in [5, 5.41) is 3.67. The first-order chi connectivity index (χ1) is 13.1. The molecule has 0 fully saturated rings. The minimum atomic E-state index is -0.626. The van der Waals surface area contributed by atoms with Crippen LogP contribution in [-0.4, -0.2) is 35.5 Å². The number of primary amides is 1. The summed E-state index contributed by atoms with van der Waals surface area (Å²) >= 11 is 6.38. The molecule has 0 aromatic carbocycles. The maximum absolute atomic E-state index is 12.6. The number of nitrogens with one attached hydrogen (secondary N) is 1. The van der Waals surface area contributed by atoms with Crippen LogP contribution in [0.1, 0.15) is 27.7 Å². The van der Waals surface area contributed by atoms with Crippen molar-refractivity contribution in [3.63, 3.8) is 0 Å². The van der Waals surface area contributed by atoms with E-state index in [2.05, 4.69) is 29.2 Å². The molecule has 0 saturated carbocycles. The molecule has 28 heavy (non-hydrogen) atoms. The highest BCUT2D eigenvalue weighted by molar-refractivity contribution is 6.33. The maximum atomic E-state index is 12.6. The highest BCUT2D eigenvalue weighted by atomic mass is 35.5. The standard InChI is InChI=1S/C19H24ClN3O2.CH3NO/c1-7-9-13(8-2)11-23-15-10-14(20)16(22-19(4,5)6)21-17(15)25-12(3)18(23)24;2-1-3/h7-10,12H,1-2,11H2,3-6H3,(H,21,22);1H,(H2,2,3)/b13-9+;. The van der Waals surface area contributed by atoms with Crippen LogP contribution in [0.2, 0.25) is 5.02 Å². The zero-order chi connectivity index (χ0) is 21.5. The van der Waals surface area contributed by atoms with E-state index >= 15 is 0 Å². The molecule has 0 aliphatic carbocycles. The predicted octanol–water partition coefficient (Wildman–Crippen LogP) is 3.46. The summed E-state index contributed by atoms with van der Waals surface area (Å²) in [5.41, 5.74) is 5.37. The summed E-state index contributed by atoms with van der Waals surface area (Å²) < 4.78 is 5.69. The third kappa shape index (κ3) is 6.13. The molecule has 1 unspecified atom stereocenters. The van der Waals surface area contributed by atoms with Crippen LogP contribution in [-0.2, 0) is 9.59 Å². The lowest BCUT2D eigenvalue weighted by atomic mass is 10.1. The van der Waals surface area contributed by atoms with Gasteiger partial charge in [0.15, 0.2) is 6.10 Å². The second-order valence-corrected chi connectivity index (χ2v) is 7.43. The van der Waals surface area contributed by atoms with Crippen molar-refractivity contribution in [3.05, 3.63) is 48.0 Å². The smallest absolute Gasteiger partial charge is 0.268 e. The highest BCUT2D eigenvalue weighted by Crippen LogP contribution is 2.38. The monoisotopic (exact) mass is 406 g/mol. The number of carbonyl (C=O) groups excluding carboxylic acids is 2. The van der Waals surface area contributed by atoms with Gasteiger partial charge < -0.3 is 15.8 Å². The topological polar surface area (TPSA) is 97.6 Å². The van der Waals surface area contributed by atoms with Gasteiger partial charge >= 0.3 is 0 Å². The van der Waals surface area contributed by atoms with Crippen molar-refractivity contribution in [2.75, 3.05) is 16.8 Å². The Morgan fingerprint density at radius 3 is 2.57 bits per heavy atom. The molecule has 1 aliphatic rings. The number of amides is 2. The number of rotatable bonds is 5. The first-order valence-electron chi connectivity index (χ1n) is 8.64. The van der Waals surface area contributed by atoms with E-state index in [0.29, 0.717) is 29.0 Å². The average Bonchev–Trinajstić information content (AvgIpc) is 2.59. The molecule has 2 heterocycles. The van der Waals surface area contributed by atoms with Crippen molar-refractivity contribution in [1.29, 1.82) is 0 Å². The fraction of sp³-hybridized carbons (Fsp3) is 0.350. The number of pyridine rings is 1. The molecule has 1 atom stereocenters. The molecule has 8 heteroatoms. The van der Waals surface area contributed by atoms with Gasteiger partial charge in [0.25, 0.3) is 5.91 Å². The Bertz CT molecular complexity index is 784. The molecule has 2 amide bonds. The van der Waals surface area contributed by atoms with Gasteiger partial charge in [-0.1, -0.05) is 43.0 Å². The Balaban J connectivity index is 0.00000122. The Hall–Kier alpha value is -2.80. The number of ether oxygens (including phenoxy) is 1. The van der Waals surface area contributed by atoms with Crippen LogP contribution in [0.5, 0.6) is 5.88 Å². The number of nitrogens with two attached hydrogens (primary N) is 1. The number of aromatic nitrogens is 1. The van der Waals surface area contributed by atoms with Crippen molar-refractivity contribution >= 4 is 35.4 Å². The molecule has 2 rings (SSSR count). The third-order valence-electron chi connectivity index (χ3n) is 3.54. The van der Waals surface area contributed by atoms with Crippen molar-refractivity contribution in [1.82, 2.24) is 4.98 Å². The summed E-state index contributed by atoms with van der Waals surface area (Å²) in [6.07, 6.45) is 4.79. The molecule has 1 aromatic rings. The van der Waals surface area contributed by atoms with Gasteiger partial charge in [-0.2, -0.15) is 4.98 Å². The number of hydrogen-bond donors (Lipinski definition) is 2. The van der Waals surface area contributed by atoms with E-state index in [4.69, 9.17) is 21.1 Å². The lowest BCUT2D eigenvalue weighted by Crippen LogP contribution is -2.45. The van der Waals surface area contributed by atoms with E-state index < -0.39 is 6.10 Å². The van der Waals surface area contributed by atoms with Gasteiger partial charge in [0, 0.05) is 5.54 Å². The largest absolute Gasteiger partial charge is 0.463 e. The van der Waals surface area contributed by atoms with Gasteiger partial charge in [-0.25, -0.2) is 0 Å². The minimum Gasteiger partial charge on any atom is -0.463 e. The first-order valence-corrected chi connectivity index (χ1v) is 9.01. The first kappa shape index (κ1) is 23.2. The van der Waals surface area contributed by atoms with Crippen LogP contribution in [0.15, 0.2) is 43.0 Å². The molecule has 7 nitrogen and oxygen atoms in total. The van der Waals surface area contributed by atoms with Gasteiger partial charge in [0.05, 0.1) is 11.6 Å². The number of carbonyl (C=O) groups is 2. The number of nitrogens with zero attached hydrogens (tertiary/aromatic N) is 2. The number of halogens is 1. The molecule has 1 aromatic heterocycles. The van der Waals surface area contributed by atoms with Crippen molar-refractivity contribution in [2.24, 2.45) is 5.73 Å². The lowest BCUT2D eigenvalue weighted by molar-refractivity contribution is -0.125. The van der Waals surface area contributed by atoms with E-state index in [1.54, 1.807) is 30.0 Å². The fourth-order valence-electron chi connectivity index (χ4n) is 2.42. The van der Waals surface area contributed by atoms with Gasteiger partial charge in [-0.15, -0.1) is 0 Å². The fourth-order valence-corrected chi connectivity index (χ4v) is 2.62. The molecule has 152 valence electrons. The molecule has 3 N–H and O–H groups in total. The zero-order valence-electron chi connectivity index (χ0n) is 16.7. The molecule has 0 saturated heterocycles. The van der Waals surface area contributed by atoms with Crippen LogP contribution < -0.4 is 20.7 Å². The number of hydrogen-bond acceptors (Lipinski definition) is 5. The normalized spacial score (nSPS) is 16.2. The zero-order valence-corrected chi connectivity index (χ0v) is 17.4. The van der Waals surface area contributed by atoms with E-state index in [1.807, 2.05) is 26.8 Å². The Labute approximate surface area is 170 Å². The van der Waals surface area contributed by atoms with Crippen LogP contribution in [0, 0.1) is 0 Å². The number of fused-ring (bicyclic) bond motifs is 1. The molecular weight excluding hydrogens is 380 g/mol. The Morgan fingerprint density at radius 1 is 1.46 bits per heavy atom. The van der Waals surface area contributed by atoms with Crippen LogP contribution >= 0.6 is 11.6 Å². The van der Waals surface area contributed by atoms with E-state index in [1.165, 1.54) is 0 Å². The summed E-state index contributed by atoms with van der Waals surface area (Å²) in [5.74, 6) is 0.754. The Kier molecular flexibility index (Phi) is 8.25. The maximum Gasteiger partial charge on any atom is 0.268 e. The third-order valence-corrected chi connectivity index (χ3v) is 3.83. The number of anilines is 2. The second-order valence-electron chi connectivity index (χ2n) is 7.02. The second kappa shape index (κ2) is 9.94. The van der Waals surface area contributed by atoms with Crippen LogP contribution in [0.3, 0.4) is 0 Å². The van der Waals surface area contributed by atoms with Gasteiger partial charge in [-0.3, -0.25) is 14.5 Å². The quantitative estimate of drug-likeness (QED) is 0.576. The molecule has 0 spiro atoms.